The molecule has 0 unspecified atom stereocenters. The van der Waals surface area contributed by atoms with E-state index in [1.165, 1.54) is 51.2 Å². The Labute approximate surface area is 703 Å². The summed E-state index contributed by atoms with van der Waals surface area (Å²) in [5.74, 6) is -9.07. The second-order valence-corrected chi connectivity index (χ2v) is 33.5. The highest BCUT2D eigenvalue weighted by atomic mass is 32.2. The molecule has 0 spiro atoms. The van der Waals surface area contributed by atoms with E-state index < -0.39 is 166 Å². The van der Waals surface area contributed by atoms with E-state index in [1.54, 1.807) is 83.1 Å². The Bertz CT molecular complexity index is 3460. The fraction of sp³-hybridized carbons (Fsp3) is 0.724. The number of carbonyl (C=O) groups is 18. The van der Waals surface area contributed by atoms with Gasteiger partial charge in [0.15, 0.2) is 28.4 Å². The van der Waals surface area contributed by atoms with Gasteiger partial charge in [0.1, 0.15) is 40.1 Å². The zero-order valence-corrected chi connectivity index (χ0v) is 73.1. The number of hydroxylamine groups is 2. The van der Waals surface area contributed by atoms with Crippen LogP contribution in [-0.4, -0.2) is 224 Å². The van der Waals surface area contributed by atoms with Gasteiger partial charge in [-0.15, -0.1) is 5.06 Å². The number of nitrogens with zero attached hydrogens (tertiary/aromatic N) is 1. The van der Waals surface area contributed by atoms with E-state index in [9.17, 15) is 91.1 Å². The standard InChI is InChI=1S/C25H33N3O12S.C19H33N3O7S.C15H29N3O5.C9H16O4.C7H16N2O2.CH4/c1-15-18(39-25(36)38-15)14-37-22(33)8-6-11-26-24(35)17(13-23(34)40-28-20(31)9-10-21(28)32)27-19(30)7-4-3-5-12-41-16(2)29;1-13(23)30-11-7-5-6-8-15(24)22-14(12-16(25)26)17(27)20-9-10-21-18(28)29-19(2,3)4;1-14(2,3)22-11(19)9-10(16)12(20)17-7-8-18-13(21)23-15(4,5)6;1-6(8(11)12)5-7(10)13-9(2,3)4;1-7(2,3)11-6(10)9-5-4-8;/h17H,3-14H2,1-2H3,(H,26,35)(H,27,30);14H,5-12H2,1-4H3,(H,20,27)(H,21,28)(H,22,24)(H,25,26);10H,7-9,16H2,1-6H3,(H,17,20)(H,18,21);6H,5H2,1-4H3,(H,11,12);4-5,8H2,1-3H3,(H,9,10);1H4/t17-;14-;10-;6-;;/m0000../s1. The van der Waals surface area contributed by atoms with E-state index in [1.807, 2.05) is 20.8 Å². The quantitative estimate of drug-likeness (QED) is 0.0167. The minimum atomic E-state index is -1.37. The molecular formula is C76H131N11O30S2. The highest BCUT2D eigenvalue weighted by molar-refractivity contribution is 8.13. The lowest BCUT2D eigenvalue weighted by Crippen LogP contribution is -2.49. The fourth-order valence-corrected chi connectivity index (χ4v) is 9.66. The summed E-state index contributed by atoms with van der Waals surface area (Å²) in [4.78, 5) is 224. The largest absolute Gasteiger partial charge is 0.519 e. The normalized spacial score (nSPS) is 12.7. The van der Waals surface area contributed by atoms with Gasteiger partial charge in [-0.1, -0.05) is 50.7 Å². The minimum absolute atomic E-state index is 0. The first-order valence-corrected chi connectivity index (χ1v) is 40.1. The SMILES string of the molecule is C.CC(=O)SCCCCCC(=O)N[C@@H](CC(=O)O)C(=O)NCCNC(=O)OC(C)(C)C.CC(=O)SCCCCCC(=O)N[C@@H](CC(=O)ON1C(=O)CCC1=O)C(=O)NCCCC(=O)OCc1oc(=O)oc1C.CC(C)(C)OC(=O)C[C@H](N)C(=O)NCCNC(=O)OC(C)(C)C.CC(C)(C)OC(=O)NCCN.C[C@@H](CC(=O)OC(C)(C)C)C(=O)O. The number of thioether (sulfide) groups is 2. The van der Waals surface area contributed by atoms with Crippen LogP contribution in [0.3, 0.4) is 0 Å². The highest BCUT2D eigenvalue weighted by Gasteiger charge is 2.35. The number of nitrogens with two attached hydrogens (primary N) is 2. The van der Waals surface area contributed by atoms with Gasteiger partial charge < -0.3 is 106 Å². The number of aliphatic carboxylic acids is 2. The molecule has 0 aromatic carbocycles. The summed E-state index contributed by atoms with van der Waals surface area (Å²) in [6.45, 7) is 33.3. The Morgan fingerprint density at radius 1 is 0.471 bits per heavy atom. The summed E-state index contributed by atoms with van der Waals surface area (Å²) >= 11 is 2.43. The Hall–Kier alpha value is -9.91. The number of carboxylic acids is 2. The first-order chi connectivity index (χ1) is 54.3. The monoisotopic (exact) mass is 1740 g/mol. The third kappa shape index (κ3) is 69.7. The zero-order chi connectivity index (χ0) is 91.3. The van der Waals surface area contributed by atoms with Gasteiger partial charge >= 0.3 is 59.9 Å². The number of esters is 3. The molecule has 4 atom stereocenters. The maximum Gasteiger partial charge on any atom is 0.519 e. The van der Waals surface area contributed by atoms with Gasteiger partial charge in [0.2, 0.25) is 29.5 Å². The van der Waals surface area contributed by atoms with Gasteiger partial charge in [-0.25, -0.2) is 24.0 Å². The molecule has 1 saturated heterocycles. The Morgan fingerprint density at radius 3 is 1.24 bits per heavy atom. The van der Waals surface area contributed by atoms with E-state index in [4.69, 9.17) is 59.4 Å². The summed E-state index contributed by atoms with van der Waals surface area (Å²) in [5.41, 5.74) is 7.99. The van der Waals surface area contributed by atoms with Gasteiger partial charge in [-0.2, -0.15) is 0 Å². The minimum Gasteiger partial charge on any atom is -0.481 e. The van der Waals surface area contributed by atoms with Crippen LogP contribution in [0.1, 0.15) is 246 Å². The smallest absolute Gasteiger partial charge is 0.481 e. The summed E-state index contributed by atoms with van der Waals surface area (Å²) in [7, 11) is 0. The first kappa shape index (κ1) is 115. The summed E-state index contributed by atoms with van der Waals surface area (Å²) in [6.07, 6.45) is 0.995. The van der Waals surface area contributed by atoms with Gasteiger partial charge in [0.25, 0.3) is 11.8 Å². The Balaban J connectivity index is -0.000000747. The number of carbonyl (C=O) groups excluding carboxylic acids is 16. The summed E-state index contributed by atoms with van der Waals surface area (Å²) in [5, 5.41) is 37.8. The Kier molecular flexibility index (Phi) is 58.7. The maximum atomic E-state index is 12.8. The van der Waals surface area contributed by atoms with Crippen molar-refractivity contribution >= 4 is 129 Å². The van der Waals surface area contributed by atoms with Gasteiger partial charge in [0.05, 0.1) is 37.6 Å². The molecule has 41 nitrogen and oxygen atoms in total. The van der Waals surface area contributed by atoms with Crippen molar-refractivity contribution in [3.63, 3.8) is 0 Å². The molecule has 10 amide bonds. The van der Waals surface area contributed by atoms with Crippen molar-refractivity contribution in [1.29, 1.82) is 0 Å². The predicted molar refractivity (Wildman–Crippen MR) is 435 cm³/mol. The number of hydrogen-bond donors (Lipinski definition) is 12. The number of carboxylic acid groups (broad SMARTS) is 2. The molecular weight excluding hydrogens is 1610 g/mol. The van der Waals surface area contributed by atoms with Crippen LogP contribution in [0, 0.1) is 12.8 Å². The number of hydrogen-bond acceptors (Lipinski definition) is 32. The summed E-state index contributed by atoms with van der Waals surface area (Å²) in [6, 6.07) is -3.56. The molecule has 2 heterocycles. The van der Waals surface area contributed by atoms with Crippen molar-refractivity contribution in [2.24, 2.45) is 17.4 Å². The van der Waals surface area contributed by atoms with Crippen LogP contribution >= 0.6 is 23.5 Å². The van der Waals surface area contributed by atoms with Crippen LogP contribution in [0.2, 0.25) is 0 Å². The van der Waals surface area contributed by atoms with Crippen LogP contribution in [0.5, 0.6) is 0 Å². The lowest BCUT2D eigenvalue weighted by molar-refractivity contribution is -0.197. The van der Waals surface area contributed by atoms with E-state index in [0.29, 0.717) is 48.9 Å². The number of nitrogens with one attached hydrogen (secondary N) is 8. The lowest BCUT2D eigenvalue weighted by Gasteiger charge is -2.21. The van der Waals surface area contributed by atoms with E-state index >= 15 is 0 Å². The molecule has 1 aromatic rings. The van der Waals surface area contributed by atoms with E-state index in [0.717, 1.165) is 19.3 Å². The third-order valence-electron chi connectivity index (χ3n) is 13.5. The molecule has 1 fully saturated rings. The molecule has 0 saturated carbocycles. The lowest BCUT2D eigenvalue weighted by atomic mass is 10.1. The number of aryl methyl sites for hydroxylation is 1. The van der Waals surface area contributed by atoms with Crippen LogP contribution in [0.25, 0.3) is 0 Å². The van der Waals surface area contributed by atoms with Crippen molar-refractivity contribution in [3.05, 3.63) is 22.1 Å². The molecule has 14 N–H and O–H groups in total. The van der Waals surface area contributed by atoms with Crippen LogP contribution in [0.4, 0.5) is 14.4 Å². The molecule has 682 valence electrons. The molecule has 0 bridgehead atoms. The number of ether oxygens (including phenoxy) is 6. The number of alkyl carbamates (subject to hydrolysis) is 3. The molecule has 1 aliphatic heterocycles. The zero-order valence-electron chi connectivity index (χ0n) is 71.4. The first-order valence-electron chi connectivity index (χ1n) is 38.1. The Morgan fingerprint density at radius 2 is 0.857 bits per heavy atom. The van der Waals surface area contributed by atoms with Crippen LogP contribution in [0.15, 0.2) is 13.6 Å². The topological polar surface area (TPSA) is 607 Å². The molecule has 119 heavy (non-hydrogen) atoms. The van der Waals surface area contributed by atoms with Crippen LogP contribution < -0.4 is 59.8 Å². The second kappa shape index (κ2) is 60.5. The second-order valence-electron chi connectivity index (χ2n) is 31.0. The fourth-order valence-electron chi connectivity index (χ4n) is 8.39. The molecule has 0 aliphatic carbocycles. The van der Waals surface area contributed by atoms with E-state index in [-0.39, 0.29) is 120 Å². The molecule has 1 aromatic heterocycles. The number of rotatable bonds is 41. The van der Waals surface area contributed by atoms with Gasteiger partial charge in [0, 0.05) is 103 Å². The number of amides is 10. The maximum absolute atomic E-state index is 12.8. The van der Waals surface area contributed by atoms with Crippen molar-refractivity contribution in [1.82, 2.24) is 47.6 Å². The third-order valence-corrected chi connectivity index (χ3v) is 15.3. The highest BCUT2D eigenvalue weighted by Crippen LogP contribution is 2.17. The van der Waals surface area contributed by atoms with Crippen molar-refractivity contribution in [2.75, 3.05) is 57.3 Å². The average molecular weight is 1740 g/mol. The van der Waals surface area contributed by atoms with Crippen LogP contribution in [-0.2, 0) is 112 Å². The molecule has 2 rings (SSSR count). The molecule has 43 heteroatoms. The van der Waals surface area contributed by atoms with Gasteiger partial charge in [-0.3, -0.25) is 67.1 Å². The van der Waals surface area contributed by atoms with Crippen molar-refractivity contribution < 1.29 is 139 Å². The van der Waals surface area contributed by atoms with Crippen molar-refractivity contribution in [2.45, 2.75) is 294 Å². The number of unbranched alkanes of at least 4 members (excludes halogenated alkanes) is 4. The summed E-state index contributed by atoms with van der Waals surface area (Å²) < 4.78 is 39.5. The van der Waals surface area contributed by atoms with Gasteiger partial charge in [-0.05, 0) is 143 Å². The molecule has 1 aliphatic rings. The molecule has 0 radical (unpaired) electrons. The predicted octanol–water partition coefficient (Wildman–Crippen LogP) is 5.46. The number of imide groups is 1. The van der Waals surface area contributed by atoms with E-state index in [2.05, 4.69) is 47.0 Å². The average Bonchev–Trinajstić information content (AvgIpc) is 1.73. The van der Waals surface area contributed by atoms with Crippen molar-refractivity contribution in [3.8, 4) is 0 Å².